The van der Waals surface area contributed by atoms with Gasteiger partial charge in [-0.1, -0.05) is 6.07 Å². The van der Waals surface area contributed by atoms with Crippen molar-refractivity contribution < 1.29 is 23.9 Å². The van der Waals surface area contributed by atoms with Gasteiger partial charge in [-0.05, 0) is 36.4 Å². The summed E-state index contributed by atoms with van der Waals surface area (Å²) in [7, 11) is 3.17. The summed E-state index contributed by atoms with van der Waals surface area (Å²) in [6.45, 7) is 2.90. The van der Waals surface area contributed by atoms with Gasteiger partial charge >= 0.3 is 0 Å². The monoisotopic (exact) mass is 391 g/mol. The highest BCUT2D eigenvalue weighted by atomic mass is 32.1. The molecule has 2 N–H and O–H groups in total. The van der Waals surface area contributed by atoms with Crippen LogP contribution in [0.15, 0.2) is 35.7 Å². The number of carbonyl (C=O) groups excluding carboxylic acids is 1. The zero-order chi connectivity index (χ0) is 19.1. The molecule has 0 bridgehead atoms. The number of hydrogen-bond acceptors (Lipinski definition) is 5. The summed E-state index contributed by atoms with van der Waals surface area (Å²) >= 11 is 1.73. The topological polar surface area (TPSA) is 61.2 Å². The maximum Gasteiger partial charge on any atom is 0.279 e. The summed E-state index contributed by atoms with van der Waals surface area (Å²) in [6.07, 6.45) is 2.42. The maximum atomic E-state index is 12.6. The average molecular weight is 392 g/mol. The Hall–Kier alpha value is -2.09. The van der Waals surface area contributed by atoms with Crippen molar-refractivity contribution in [2.45, 2.75) is 25.5 Å². The largest absolute Gasteiger partial charge is 0.493 e. The smallest absolute Gasteiger partial charge is 0.279 e. The molecule has 6 nitrogen and oxygen atoms in total. The summed E-state index contributed by atoms with van der Waals surface area (Å²) in [4.78, 5) is 15.1. The van der Waals surface area contributed by atoms with E-state index in [0.717, 1.165) is 32.5 Å². The van der Waals surface area contributed by atoms with Crippen molar-refractivity contribution in [2.75, 3.05) is 39.2 Å². The number of hydrogen-bond donors (Lipinski definition) is 2. The van der Waals surface area contributed by atoms with Gasteiger partial charge in [0.15, 0.2) is 18.0 Å². The van der Waals surface area contributed by atoms with Gasteiger partial charge in [0.05, 0.1) is 19.1 Å². The van der Waals surface area contributed by atoms with Crippen LogP contribution < -0.4 is 19.7 Å². The van der Waals surface area contributed by atoms with Gasteiger partial charge in [0.25, 0.3) is 5.91 Å². The van der Waals surface area contributed by atoms with Crippen molar-refractivity contribution in [1.29, 1.82) is 0 Å². The number of anilines is 1. The first-order valence-corrected chi connectivity index (χ1v) is 10.1. The molecule has 1 aliphatic rings. The third kappa shape index (κ3) is 5.69. The molecular weight excluding hydrogens is 364 g/mol. The molecule has 1 aliphatic heterocycles. The van der Waals surface area contributed by atoms with E-state index in [-0.39, 0.29) is 12.0 Å². The molecule has 1 aromatic carbocycles. The van der Waals surface area contributed by atoms with E-state index in [9.17, 15) is 4.79 Å². The minimum absolute atomic E-state index is 0.0215. The fourth-order valence-corrected chi connectivity index (χ4v) is 4.12. The molecule has 0 saturated carbocycles. The van der Waals surface area contributed by atoms with Crippen LogP contribution in [0.1, 0.15) is 17.7 Å². The quantitative estimate of drug-likeness (QED) is 0.686. The summed E-state index contributed by atoms with van der Waals surface area (Å²) in [5, 5.41) is 5.04. The lowest BCUT2D eigenvalue weighted by Crippen LogP contribution is -3.12. The van der Waals surface area contributed by atoms with Gasteiger partial charge in [0, 0.05) is 18.4 Å². The van der Waals surface area contributed by atoms with Crippen LogP contribution in [0.5, 0.6) is 11.5 Å². The van der Waals surface area contributed by atoms with Gasteiger partial charge in [-0.25, -0.2) is 0 Å². The van der Waals surface area contributed by atoms with Crippen molar-refractivity contribution in [3.8, 4) is 11.5 Å². The Bertz CT molecular complexity index is 730. The second-order valence-corrected chi connectivity index (χ2v) is 7.67. The first kappa shape index (κ1) is 19.7. The Labute approximate surface area is 164 Å². The fraction of sp³-hybridized carbons (Fsp3) is 0.450. The van der Waals surface area contributed by atoms with Crippen molar-refractivity contribution in [3.63, 3.8) is 0 Å². The van der Waals surface area contributed by atoms with E-state index in [1.165, 1.54) is 9.78 Å². The Morgan fingerprint density at radius 2 is 2.15 bits per heavy atom. The van der Waals surface area contributed by atoms with E-state index >= 15 is 0 Å². The van der Waals surface area contributed by atoms with Crippen LogP contribution in [-0.4, -0.2) is 45.9 Å². The normalized spacial score (nSPS) is 17.5. The van der Waals surface area contributed by atoms with Gasteiger partial charge in [-0.15, -0.1) is 11.3 Å². The van der Waals surface area contributed by atoms with Crippen molar-refractivity contribution in [2.24, 2.45) is 0 Å². The lowest BCUT2D eigenvalue weighted by atomic mass is 10.2. The highest BCUT2D eigenvalue weighted by Gasteiger charge is 2.24. The zero-order valence-corrected chi connectivity index (χ0v) is 16.6. The van der Waals surface area contributed by atoms with Gasteiger partial charge in [-0.3, -0.25) is 4.79 Å². The average Bonchev–Trinajstić information content (AvgIpc) is 3.35. The van der Waals surface area contributed by atoms with Crippen LogP contribution in [-0.2, 0) is 16.1 Å². The van der Waals surface area contributed by atoms with Gasteiger partial charge in [0.2, 0.25) is 0 Å². The Morgan fingerprint density at radius 1 is 1.30 bits per heavy atom. The number of quaternary nitrogens is 1. The number of rotatable bonds is 9. The molecule has 3 rings (SSSR count). The molecule has 2 atom stereocenters. The van der Waals surface area contributed by atoms with Crippen molar-refractivity contribution in [3.05, 3.63) is 40.6 Å². The van der Waals surface area contributed by atoms with E-state index in [4.69, 9.17) is 14.2 Å². The van der Waals surface area contributed by atoms with Gasteiger partial charge in [-0.2, -0.15) is 0 Å². The van der Waals surface area contributed by atoms with Crippen LogP contribution in [0.4, 0.5) is 5.69 Å². The first-order chi connectivity index (χ1) is 13.2. The summed E-state index contributed by atoms with van der Waals surface area (Å²) in [6, 6.07) is 9.55. The van der Waals surface area contributed by atoms with Crippen LogP contribution in [0, 0.1) is 0 Å². The molecule has 1 unspecified atom stereocenters. The molecule has 1 amide bonds. The highest BCUT2D eigenvalue weighted by Crippen LogP contribution is 2.29. The third-order valence-corrected chi connectivity index (χ3v) is 5.50. The second-order valence-electron chi connectivity index (χ2n) is 6.64. The summed E-state index contributed by atoms with van der Waals surface area (Å²) < 4.78 is 16.3. The molecule has 2 aromatic rings. The van der Waals surface area contributed by atoms with Crippen LogP contribution >= 0.6 is 11.3 Å². The standard InChI is InChI=1S/C20H26N2O4S/c1-24-18-8-7-15(11-19(18)25-2)21-20(23)14-22(12-16-5-3-9-26-16)13-17-6-4-10-27-17/h4,6-8,10-11,16H,3,5,9,12-14H2,1-2H3,(H,21,23)/p+1/t16-/m1/s1. The van der Waals surface area contributed by atoms with E-state index < -0.39 is 0 Å². The lowest BCUT2D eigenvalue weighted by Gasteiger charge is -2.21. The van der Waals surface area contributed by atoms with Crippen LogP contribution in [0.25, 0.3) is 0 Å². The molecule has 0 aliphatic carbocycles. The Morgan fingerprint density at radius 3 is 2.81 bits per heavy atom. The molecule has 1 saturated heterocycles. The predicted octanol–water partition coefficient (Wildman–Crippen LogP) is 1.97. The Kier molecular flexibility index (Phi) is 7.09. The molecule has 1 fully saturated rings. The molecule has 27 heavy (non-hydrogen) atoms. The number of nitrogens with one attached hydrogen (secondary N) is 2. The number of thiophene rings is 1. The van der Waals surface area contributed by atoms with E-state index in [1.807, 2.05) is 12.1 Å². The minimum atomic E-state index is -0.0215. The number of benzene rings is 1. The minimum Gasteiger partial charge on any atom is -0.493 e. The molecule has 2 heterocycles. The number of methoxy groups -OCH3 is 2. The van der Waals surface area contributed by atoms with E-state index in [0.29, 0.717) is 23.7 Å². The second kappa shape index (κ2) is 9.73. The lowest BCUT2D eigenvalue weighted by molar-refractivity contribution is -0.908. The van der Waals surface area contributed by atoms with E-state index in [2.05, 4.69) is 16.8 Å². The number of amides is 1. The first-order valence-electron chi connectivity index (χ1n) is 9.17. The maximum absolute atomic E-state index is 12.6. The van der Waals surface area contributed by atoms with Gasteiger partial charge < -0.3 is 24.4 Å². The van der Waals surface area contributed by atoms with Crippen LogP contribution in [0.3, 0.4) is 0 Å². The van der Waals surface area contributed by atoms with Crippen molar-refractivity contribution >= 4 is 22.9 Å². The molecule has 7 heteroatoms. The summed E-state index contributed by atoms with van der Waals surface area (Å²) in [5.74, 6) is 1.21. The van der Waals surface area contributed by atoms with Gasteiger partial charge in [0.1, 0.15) is 19.2 Å². The molecule has 0 radical (unpaired) electrons. The fourth-order valence-electron chi connectivity index (χ4n) is 3.34. The number of ether oxygens (including phenoxy) is 3. The molecule has 1 aromatic heterocycles. The van der Waals surface area contributed by atoms with Crippen LogP contribution in [0.2, 0.25) is 0 Å². The zero-order valence-electron chi connectivity index (χ0n) is 15.8. The Balaban J connectivity index is 1.62. The SMILES string of the molecule is COc1ccc(NC(=O)C[NH+](Cc2cccs2)C[C@H]2CCCO2)cc1OC. The number of carbonyl (C=O) groups is 1. The molecule has 146 valence electrons. The van der Waals surface area contributed by atoms with Crippen molar-refractivity contribution in [1.82, 2.24) is 0 Å². The molecular formula is C20H27N2O4S+. The summed E-state index contributed by atoms with van der Waals surface area (Å²) in [5.41, 5.74) is 0.699. The third-order valence-electron chi connectivity index (χ3n) is 4.62. The molecule has 0 spiro atoms. The highest BCUT2D eigenvalue weighted by molar-refractivity contribution is 7.09. The van der Waals surface area contributed by atoms with E-state index in [1.54, 1.807) is 37.7 Å². The predicted molar refractivity (Wildman–Crippen MR) is 106 cm³/mol.